The Kier molecular flexibility index (Phi) is 5.03. The molecule has 1 saturated heterocycles. The van der Waals surface area contributed by atoms with Gasteiger partial charge >= 0.3 is 0 Å². The lowest BCUT2D eigenvalue weighted by atomic mass is 9.89. The zero-order valence-corrected chi connectivity index (χ0v) is 10.5. The van der Waals surface area contributed by atoms with Gasteiger partial charge in [0.1, 0.15) is 0 Å². The standard InChI is InChI=1S/C12H26N2O/c1-8(5-6-13)14-7-12-9(2)10(3)15-11(12)4/h8-12,14H,5-7,13H2,1-4H3. The van der Waals surface area contributed by atoms with Gasteiger partial charge in [-0.25, -0.2) is 0 Å². The molecule has 1 heterocycles. The van der Waals surface area contributed by atoms with E-state index in [-0.39, 0.29) is 0 Å². The molecular formula is C12H26N2O. The molecule has 3 heteroatoms. The first-order valence-corrected chi connectivity index (χ1v) is 6.15. The predicted octanol–water partition coefficient (Wildman–Crippen LogP) is 1.37. The average Bonchev–Trinajstić information content (AvgIpc) is 2.40. The van der Waals surface area contributed by atoms with Crippen LogP contribution < -0.4 is 11.1 Å². The number of hydrogen-bond donors (Lipinski definition) is 2. The van der Waals surface area contributed by atoms with E-state index in [9.17, 15) is 0 Å². The highest BCUT2D eigenvalue weighted by Crippen LogP contribution is 2.31. The van der Waals surface area contributed by atoms with Crippen molar-refractivity contribution in [1.82, 2.24) is 5.32 Å². The zero-order valence-electron chi connectivity index (χ0n) is 10.5. The van der Waals surface area contributed by atoms with Crippen molar-refractivity contribution in [2.75, 3.05) is 13.1 Å². The average molecular weight is 214 g/mol. The number of nitrogens with one attached hydrogen (secondary N) is 1. The van der Waals surface area contributed by atoms with E-state index >= 15 is 0 Å². The van der Waals surface area contributed by atoms with Crippen molar-refractivity contribution in [3.63, 3.8) is 0 Å². The molecule has 90 valence electrons. The van der Waals surface area contributed by atoms with Crippen molar-refractivity contribution < 1.29 is 4.74 Å². The summed E-state index contributed by atoms with van der Waals surface area (Å²) in [5.41, 5.74) is 5.53. The Morgan fingerprint density at radius 1 is 1.27 bits per heavy atom. The molecule has 1 aliphatic heterocycles. The number of nitrogens with two attached hydrogens (primary N) is 1. The van der Waals surface area contributed by atoms with Gasteiger partial charge in [-0.2, -0.15) is 0 Å². The molecule has 5 atom stereocenters. The minimum absolute atomic E-state index is 0.382. The van der Waals surface area contributed by atoms with E-state index in [1.54, 1.807) is 0 Å². The van der Waals surface area contributed by atoms with Crippen LogP contribution in [0.25, 0.3) is 0 Å². The quantitative estimate of drug-likeness (QED) is 0.726. The lowest BCUT2D eigenvalue weighted by molar-refractivity contribution is 0.0510. The van der Waals surface area contributed by atoms with E-state index in [2.05, 4.69) is 33.0 Å². The first-order valence-electron chi connectivity index (χ1n) is 6.15. The SMILES string of the molecule is CC(CCN)NCC1C(C)OC(C)C1C. The van der Waals surface area contributed by atoms with Gasteiger partial charge in [0.2, 0.25) is 0 Å². The fourth-order valence-electron chi connectivity index (χ4n) is 2.38. The maximum absolute atomic E-state index is 5.81. The van der Waals surface area contributed by atoms with E-state index in [1.807, 2.05) is 0 Å². The van der Waals surface area contributed by atoms with Gasteiger partial charge in [-0.05, 0) is 39.7 Å². The maximum Gasteiger partial charge on any atom is 0.0594 e. The van der Waals surface area contributed by atoms with Crippen LogP contribution in [0.3, 0.4) is 0 Å². The summed E-state index contributed by atoms with van der Waals surface area (Å²) in [6.45, 7) is 10.6. The van der Waals surface area contributed by atoms with E-state index in [1.165, 1.54) is 0 Å². The van der Waals surface area contributed by atoms with Gasteiger partial charge in [0.05, 0.1) is 12.2 Å². The van der Waals surface area contributed by atoms with Crippen LogP contribution in [0.4, 0.5) is 0 Å². The summed E-state index contributed by atoms with van der Waals surface area (Å²) < 4.78 is 5.81. The third kappa shape index (κ3) is 3.44. The molecule has 0 radical (unpaired) electrons. The first kappa shape index (κ1) is 12.9. The summed E-state index contributed by atoms with van der Waals surface area (Å²) >= 11 is 0. The van der Waals surface area contributed by atoms with Crippen molar-refractivity contribution in [2.45, 2.75) is 52.4 Å². The van der Waals surface area contributed by atoms with E-state index < -0.39 is 0 Å². The van der Waals surface area contributed by atoms with Crippen molar-refractivity contribution in [1.29, 1.82) is 0 Å². The van der Waals surface area contributed by atoms with Gasteiger partial charge in [-0.3, -0.25) is 0 Å². The molecule has 1 aliphatic rings. The van der Waals surface area contributed by atoms with E-state index in [4.69, 9.17) is 10.5 Å². The summed E-state index contributed by atoms with van der Waals surface area (Å²) in [7, 11) is 0. The predicted molar refractivity (Wildman–Crippen MR) is 63.8 cm³/mol. The molecule has 0 aromatic heterocycles. The molecule has 0 saturated carbocycles. The highest BCUT2D eigenvalue weighted by atomic mass is 16.5. The molecule has 0 aliphatic carbocycles. The van der Waals surface area contributed by atoms with Crippen LogP contribution in [-0.2, 0) is 4.74 Å². The van der Waals surface area contributed by atoms with Gasteiger partial charge in [0, 0.05) is 18.5 Å². The zero-order chi connectivity index (χ0) is 11.4. The summed E-state index contributed by atoms with van der Waals surface area (Å²) in [4.78, 5) is 0. The van der Waals surface area contributed by atoms with Crippen molar-refractivity contribution in [2.24, 2.45) is 17.6 Å². The summed E-state index contributed by atoms with van der Waals surface area (Å²) in [5.74, 6) is 1.29. The van der Waals surface area contributed by atoms with Crippen LogP contribution in [-0.4, -0.2) is 31.3 Å². The third-order valence-corrected chi connectivity index (χ3v) is 3.75. The molecule has 5 unspecified atom stereocenters. The first-order chi connectivity index (χ1) is 7.06. The van der Waals surface area contributed by atoms with Gasteiger partial charge in [-0.15, -0.1) is 0 Å². The largest absolute Gasteiger partial charge is 0.375 e. The number of hydrogen-bond acceptors (Lipinski definition) is 3. The molecule has 15 heavy (non-hydrogen) atoms. The minimum atomic E-state index is 0.382. The van der Waals surface area contributed by atoms with Crippen LogP contribution in [0.1, 0.15) is 34.1 Å². The van der Waals surface area contributed by atoms with Crippen LogP contribution in [0.15, 0.2) is 0 Å². The molecule has 1 rings (SSSR count). The summed E-state index contributed by atoms with van der Waals surface area (Å²) in [5, 5.41) is 3.55. The molecule has 3 nitrogen and oxygen atoms in total. The second kappa shape index (κ2) is 5.83. The lowest BCUT2D eigenvalue weighted by Gasteiger charge is -2.21. The Bertz CT molecular complexity index is 186. The van der Waals surface area contributed by atoms with Gasteiger partial charge < -0.3 is 15.8 Å². The molecule has 0 aromatic carbocycles. The Morgan fingerprint density at radius 3 is 2.40 bits per heavy atom. The third-order valence-electron chi connectivity index (χ3n) is 3.75. The van der Waals surface area contributed by atoms with Gasteiger partial charge in [-0.1, -0.05) is 6.92 Å². The Labute approximate surface area is 93.8 Å². The van der Waals surface area contributed by atoms with Crippen molar-refractivity contribution in [3.05, 3.63) is 0 Å². The number of rotatable bonds is 5. The van der Waals surface area contributed by atoms with Crippen molar-refractivity contribution in [3.8, 4) is 0 Å². The number of ether oxygens (including phenoxy) is 1. The van der Waals surface area contributed by atoms with Crippen LogP contribution in [0.5, 0.6) is 0 Å². The topological polar surface area (TPSA) is 47.3 Å². The molecule has 1 fully saturated rings. The fourth-order valence-corrected chi connectivity index (χ4v) is 2.38. The lowest BCUT2D eigenvalue weighted by Crippen LogP contribution is -2.36. The fraction of sp³-hybridized carbons (Fsp3) is 1.00. The normalized spacial score (nSPS) is 38.2. The highest BCUT2D eigenvalue weighted by Gasteiger charge is 2.36. The smallest absolute Gasteiger partial charge is 0.0594 e. The summed E-state index contributed by atoms with van der Waals surface area (Å²) in [6.07, 6.45) is 1.83. The van der Waals surface area contributed by atoms with Crippen molar-refractivity contribution >= 4 is 0 Å². The van der Waals surface area contributed by atoms with Gasteiger partial charge in [0.25, 0.3) is 0 Å². The molecular weight excluding hydrogens is 188 g/mol. The van der Waals surface area contributed by atoms with Gasteiger partial charge in [0.15, 0.2) is 0 Å². The van der Waals surface area contributed by atoms with Crippen LogP contribution >= 0.6 is 0 Å². The van der Waals surface area contributed by atoms with E-state index in [0.29, 0.717) is 30.1 Å². The van der Waals surface area contributed by atoms with Crippen LogP contribution in [0.2, 0.25) is 0 Å². The van der Waals surface area contributed by atoms with E-state index in [0.717, 1.165) is 19.5 Å². The van der Waals surface area contributed by atoms with Crippen LogP contribution in [0, 0.1) is 11.8 Å². The molecule has 0 amide bonds. The molecule has 0 bridgehead atoms. The summed E-state index contributed by atoms with van der Waals surface area (Å²) in [6, 6.07) is 0.519. The Balaban J connectivity index is 2.31. The maximum atomic E-state index is 5.81. The Hall–Kier alpha value is -0.120. The second-order valence-corrected chi connectivity index (χ2v) is 4.96. The molecule has 0 aromatic rings. The highest BCUT2D eigenvalue weighted by molar-refractivity contribution is 4.85. The molecule has 3 N–H and O–H groups in total. The Morgan fingerprint density at radius 2 is 1.93 bits per heavy atom. The minimum Gasteiger partial charge on any atom is -0.375 e. The second-order valence-electron chi connectivity index (χ2n) is 4.96. The monoisotopic (exact) mass is 214 g/mol. The molecule has 0 spiro atoms.